The van der Waals surface area contributed by atoms with Gasteiger partial charge in [0.15, 0.2) is 0 Å². The Balaban J connectivity index is 1.97. The monoisotopic (exact) mass is 286 g/mol. The molecule has 0 aromatic rings. The van der Waals surface area contributed by atoms with Crippen LogP contribution in [0.15, 0.2) is 0 Å². The molecule has 3 atom stereocenters. The van der Waals surface area contributed by atoms with Gasteiger partial charge in [0.1, 0.15) is 6.04 Å². The van der Waals surface area contributed by atoms with Crippen LogP contribution in [0.5, 0.6) is 0 Å². The molecule has 7 nitrogen and oxygen atoms in total. The summed E-state index contributed by atoms with van der Waals surface area (Å²) in [5.74, 6) is -1.12. The molecule has 2 fully saturated rings. The van der Waals surface area contributed by atoms with Crippen LogP contribution in [0, 0.1) is 0 Å². The molecule has 1 saturated heterocycles. The maximum Gasteiger partial charge on any atom is 0.326 e. The topological polar surface area (TPSA) is 99.1 Å². The smallest absolute Gasteiger partial charge is 0.326 e. The number of hydrogen-bond donors (Lipinski definition) is 3. The minimum absolute atomic E-state index is 0.0134. The number of aliphatic hydroxyl groups excluding tert-OH is 1. The lowest BCUT2D eigenvalue weighted by Gasteiger charge is -2.43. The highest BCUT2D eigenvalue weighted by Gasteiger charge is 2.37. The van der Waals surface area contributed by atoms with Gasteiger partial charge in [-0.25, -0.2) is 9.59 Å². The third kappa shape index (κ3) is 3.40. The summed E-state index contributed by atoms with van der Waals surface area (Å²) in [6.45, 7) is 0.706. The van der Waals surface area contributed by atoms with Crippen LogP contribution in [0.3, 0.4) is 0 Å². The number of carbonyl (C=O) groups excluding carboxylic acids is 1. The first-order chi connectivity index (χ1) is 9.63. The van der Waals surface area contributed by atoms with Crippen LogP contribution in [0.2, 0.25) is 0 Å². The van der Waals surface area contributed by atoms with Crippen molar-refractivity contribution < 1.29 is 24.5 Å². The van der Waals surface area contributed by atoms with Gasteiger partial charge in [0, 0.05) is 19.6 Å². The fourth-order valence-corrected chi connectivity index (χ4v) is 2.97. The highest BCUT2D eigenvalue weighted by Crippen LogP contribution is 2.28. The Kier molecular flexibility index (Phi) is 5.19. The molecule has 0 radical (unpaired) electrons. The van der Waals surface area contributed by atoms with E-state index in [1.54, 1.807) is 4.90 Å². The van der Waals surface area contributed by atoms with Crippen molar-refractivity contribution in [3.8, 4) is 0 Å². The molecule has 7 heteroatoms. The molecule has 2 amide bonds. The van der Waals surface area contributed by atoms with Crippen molar-refractivity contribution in [1.82, 2.24) is 10.2 Å². The summed E-state index contributed by atoms with van der Waals surface area (Å²) in [5, 5.41) is 20.4. The predicted molar refractivity (Wildman–Crippen MR) is 70.4 cm³/mol. The van der Waals surface area contributed by atoms with E-state index < -0.39 is 12.0 Å². The first kappa shape index (κ1) is 15.1. The van der Waals surface area contributed by atoms with Crippen molar-refractivity contribution in [3.63, 3.8) is 0 Å². The summed E-state index contributed by atoms with van der Waals surface area (Å²) >= 11 is 0. The van der Waals surface area contributed by atoms with Gasteiger partial charge in [0.05, 0.1) is 18.8 Å². The second-order valence-corrected chi connectivity index (χ2v) is 5.31. The number of aliphatic carboxylic acids is 1. The first-order valence-electron chi connectivity index (χ1n) is 7.16. The van der Waals surface area contributed by atoms with Gasteiger partial charge in [-0.15, -0.1) is 0 Å². The number of carboxylic acid groups (broad SMARTS) is 1. The number of nitrogens with zero attached hydrogens (tertiary/aromatic N) is 1. The molecule has 0 aromatic carbocycles. The van der Waals surface area contributed by atoms with Crippen molar-refractivity contribution in [2.45, 2.75) is 50.3 Å². The van der Waals surface area contributed by atoms with Crippen LogP contribution >= 0.6 is 0 Å². The summed E-state index contributed by atoms with van der Waals surface area (Å²) < 4.78 is 5.68. The van der Waals surface area contributed by atoms with Crippen molar-refractivity contribution in [3.05, 3.63) is 0 Å². The molecule has 1 saturated carbocycles. The average Bonchev–Trinajstić information content (AvgIpc) is 2.46. The van der Waals surface area contributed by atoms with Gasteiger partial charge in [0.2, 0.25) is 0 Å². The van der Waals surface area contributed by atoms with Gasteiger partial charge in [0.25, 0.3) is 0 Å². The number of ether oxygens (including phenoxy) is 1. The van der Waals surface area contributed by atoms with Crippen molar-refractivity contribution in [1.29, 1.82) is 0 Å². The molecule has 114 valence electrons. The highest BCUT2D eigenvalue weighted by atomic mass is 16.5. The normalized spacial score (nSPS) is 27.6. The number of rotatable bonds is 4. The van der Waals surface area contributed by atoms with E-state index in [1.807, 2.05) is 0 Å². The third-order valence-corrected chi connectivity index (χ3v) is 4.01. The van der Waals surface area contributed by atoms with Gasteiger partial charge in [-0.05, 0) is 12.8 Å². The molecule has 3 N–H and O–H groups in total. The van der Waals surface area contributed by atoms with Crippen LogP contribution in [0.4, 0.5) is 4.79 Å². The molecule has 0 spiro atoms. The number of hydrogen-bond acceptors (Lipinski definition) is 4. The molecule has 2 aliphatic rings. The Labute approximate surface area is 117 Å². The Bertz CT molecular complexity index is 361. The quantitative estimate of drug-likeness (QED) is 0.684. The lowest BCUT2D eigenvalue weighted by Crippen LogP contribution is -2.59. The minimum Gasteiger partial charge on any atom is -0.480 e. The van der Waals surface area contributed by atoms with Gasteiger partial charge in [-0.1, -0.05) is 12.8 Å². The number of fused-ring (bicyclic) bond motifs is 1. The SMILES string of the molecule is O=C(O)[C@H](CCO)NC(=O)N1CCOC2CCCCC21. The number of amides is 2. The standard InChI is InChI=1S/C13H22N2O5/c16-7-5-9(12(17)18)14-13(19)15-6-8-20-11-4-2-1-3-10(11)15/h9-11,16H,1-8H2,(H,14,19)(H,17,18)/t9-,10?,11?/m0/s1. The Morgan fingerprint density at radius 3 is 2.80 bits per heavy atom. The van der Waals surface area contributed by atoms with Crippen LogP contribution in [-0.4, -0.2) is 65.1 Å². The molecule has 1 aliphatic heterocycles. The molecule has 0 aromatic heterocycles. The summed E-state index contributed by atoms with van der Waals surface area (Å²) in [5.41, 5.74) is 0. The summed E-state index contributed by atoms with van der Waals surface area (Å²) in [6, 6.07) is -1.37. The Morgan fingerprint density at radius 1 is 1.35 bits per heavy atom. The van der Waals surface area contributed by atoms with Crippen LogP contribution in [0.1, 0.15) is 32.1 Å². The molecular formula is C13H22N2O5. The predicted octanol–water partition coefficient (Wildman–Crippen LogP) is 0.175. The highest BCUT2D eigenvalue weighted by molar-refractivity contribution is 5.82. The van der Waals surface area contributed by atoms with E-state index in [4.69, 9.17) is 14.9 Å². The Morgan fingerprint density at radius 2 is 2.10 bits per heavy atom. The fourth-order valence-electron chi connectivity index (χ4n) is 2.97. The number of aliphatic hydroxyl groups is 1. The van der Waals surface area contributed by atoms with Crippen molar-refractivity contribution >= 4 is 12.0 Å². The van der Waals surface area contributed by atoms with Gasteiger partial charge < -0.3 is 25.2 Å². The zero-order chi connectivity index (χ0) is 14.5. The molecule has 0 bridgehead atoms. The average molecular weight is 286 g/mol. The second kappa shape index (κ2) is 6.90. The minimum atomic E-state index is -1.12. The Hall–Kier alpha value is -1.34. The second-order valence-electron chi connectivity index (χ2n) is 5.31. The number of nitrogens with one attached hydrogen (secondary N) is 1. The zero-order valence-electron chi connectivity index (χ0n) is 11.5. The summed E-state index contributed by atoms with van der Waals surface area (Å²) in [4.78, 5) is 25.0. The fraction of sp³-hybridized carbons (Fsp3) is 0.846. The van der Waals surface area contributed by atoms with E-state index in [9.17, 15) is 9.59 Å². The van der Waals surface area contributed by atoms with E-state index in [2.05, 4.69) is 5.32 Å². The maximum atomic E-state index is 12.3. The molecule has 1 heterocycles. The van der Waals surface area contributed by atoms with Crippen LogP contribution < -0.4 is 5.32 Å². The third-order valence-electron chi connectivity index (χ3n) is 4.01. The first-order valence-corrected chi connectivity index (χ1v) is 7.16. The molecule has 20 heavy (non-hydrogen) atoms. The van der Waals surface area contributed by atoms with Crippen LogP contribution in [0.25, 0.3) is 0 Å². The van der Waals surface area contributed by atoms with E-state index in [0.717, 1.165) is 25.7 Å². The molecular weight excluding hydrogens is 264 g/mol. The van der Waals surface area contributed by atoms with Gasteiger partial charge in [-0.3, -0.25) is 0 Å². The van der Waals surface area contributed by atoms with Crippen LogP contribution in [-0.2, 0) is 9.53 Å². The summed E-state index contributed by atoms with van der Waals surface area (Å²) in [7, 11) is 0. The number of morpholine rings is 1. The molecule has 1 aliphatic carbocycles. The van der Waals surface area contributed by atoms with E-state index in [-0.39, 0.29) is 31.2 Å². The van der Waals surface area contributed by atoms with Crippen molar-refractivity contribution in [2.75, 3.05) is 19.8 Å². The number of carbonyl (C=O) groups is 2. The largest absolute Gasteiger partial charge is 0.480 e. The maximum absolute atomic E-state index is 12.3. The van der Waals surface area contributed by atoms with Crippen molar-refractivity contribution in [2.24, 2.45) is 0 Å². The van der Waals surface area contributed by atoms with Gasteiger partial charge >= 0.3 is 12.0 Å². The lowest BCUT2D eigenvalue weighted by atomic mass is 9.90. The number of carboxylic acids is 1. The van der Waals surface area contributed by atoms with Gasteiger partial charge in [-0.2, -0.15) is 0 Å². The zero-order valence-corrected chi connectivity index (χ0v) is 11.5. The number of urea groups is 1. The molecule has 2 unspecified atom stereocenters. The van der Waals surface area contributed by atoms with E-state index >= 15 is 0 Å². The van der Waals surface area contributed by atoms with E-state index in [1.165, 1.54) is 0 Å². The molecule has 2 rings (SSSR count). The van der Waals surface area contributed by atoms with E-state index in [0.29, 0.717) is 13.2 Å². The summed E-state index contributed by atoms with van der Waals surface area (Å²) in [6.07, 6.45) is 4.11. The lowest BCUT2D eigenvalue weighted by molar-refractivity contribution is -0.139.